The van der Waals surface area contributed by atoms with Gasteiger partial charge in [0.05, 0.1) is 4.90 Å². The molecular formula is C17H28N2O4S. The van der Waals surface area contributed by atoms with Gasteiger partial charge in [-0.15, -0.1) is 0 Å². The van der Waals surface area contributed by atoms with Crippen LogP contribution in [-0.2, 0) is 14.8 Å². The van der Waals surface area contributed by atoms with Crippen molar-refractivity contribution in [3.63, 3.8) is 0 Å². The Morgan fingerprint density at radius 3 is 2.54 bits per heavy atom. The molecule has 0 spiro atoms. The molecule has 0 radical (unpaired) electrons. The fraction of sp³-hybridized carbons (Fsp3) is 0.588. The fourth-order valence-corrected chi connectivity index (χ4v) is 3.46. The van der Waals surface area contributed by atoms with Gasteiger partial charge in [0.25, 0.3) is 5.91 Å². The Labute approximate surface area is 145 Å². The standard InChI is InChI=1S/C17H28N2O4S/c1-5-6-7-10-18-17(20)12-23-16-9-8-15(11-14(16)4)24(21,22)19-13(2)3/h8-9,11,13,19H,5-7,10,12H2,1-4H3,(H,18,20). The minimum absolute atomic E-state index is 0.0801. The second-order valence-electron chi connectivity index (χ2n) is 6.05. The molecule has 0 saturated heterocycles. The lowest BCUT2D eigenvalue weighted by Gasteiger charge is -2.13. The Bertz CT molecular complexity index is 642. The van der Waals surface area contributed by atoms with Gasteiger partial charge in [0.1, 0.15) is 5.75 Å². The third kappa shape index (κ3) is 6.88. The van der Waals surface area contributed by atoms with Crippen molar-refractivity contribution in [2.24, 2.45) is 0 Å². The number of hydrogen-bond donors (Lipinski definition) is 2. The highest BCUT2D eigenvalue weighted by molar-refractivity contribution is 7.89. The topological polar surface area (TPSA) is 84.5 Å². The van der Waals surface area contributed by atoms with E-state index in [1.54, 1.807) is 32.9 Å². The second-order valence-corrected chi connectivity index (χ2v) is 7.76. The largest absolute Gasteiger partial charge is 0.484 e. The molecule has 0 aliphatic heterocycles. The van der Waals surface area contributed by atoms with Gasteiger partial charge >= 0.3 is 0 Å². The summed E-state index contributed by atoms with van der Waals surface area (Å²) < 4.78 is 32.3. The summed E-state index contributed by atoms with van der Waals surface area (Å²) in [6.45, 7) is 7.95. The van der Waals surface area contributed by atoms with E-state index in [0.29, 0.717) is 17.9 Å². The molecule has 0 atom stereocenters. The molecule has 0 bridgehead atoms. The van der Waals surface area contributed by atoms with Crippen molar-refractivity contribution >= 4 is 15.9 Å². The van der Waals surface area contributed by atoms with Crippen molar-refractivity contribution in [1.82, 2.24) is 10.0 Å². The van der Waals surface area contributed by atoms with Crippen LogP contribution in [0.15, 0.2) is 23.1 Å². The number of aryl methyl sites for hydroxylation is 1. The van der Waals surface area contributed by atoms with Crippen molar-refractivity contribution in [2.45, 2.75) is 57.9 Å². The van der Waals surface area contributed by atoms with Gasteiger partial charge in [-0.1, -0.05) is 19.8 Å². The van der Waals surface area contributed by atoms with Crippen molar-refractivity contribution in [2.75, 3.05) is 13.2 Å². The first-order chi connectivity index (χ1) is 11.3. The SMILES string of the molecule is CCCCCNC(=O)COc1ccc(S(=O)(=O)NC(C)C)cc1C. The highest BCUT2D eigenvalue weighted by atomic mass is 32.2. The maximum absolute atomic E-state index is 12.1. The first kappa shape index (κ1) is 20.4. The number of ether oxygens (including phenoxy) is 1. The molecule has 6 nitrogen and oxygen atoms in total. The van der Waals surface area contributed by atoms with Crippen LogP contribution in [0.2, 0.25) is 0 Å². The van der Waals surface area contributed by atoms with Crippen LogP contribution in [0, 0.1) is 6.92 Å². The van der Waals surface area contributed by atoms with Crippen molar-refractivity contribution in [3.8, 4) is 5.75 Å². The molecule has 2 N–H and O–H groups in total. The van der Waals surface area contributed by atoms with Crippen LogP contribution in [-0.4, -0.2) is 33.5 Å². The van der Waals surface area contributed by atoms with E-state index < -0.39 is 10.0 Å². The quantitative estimate of drug-likeness (QED) is 0.630. The van der Waals surface area contributed by atoms with Gasteiger partial charge in [0, 0.05) is 12.6 Å². The summed E-state index contributed by atoms with van der Waals surface area (Å²) in [6.07, 6.45) is 3.14. The van der Waals surface area contributed by atoms with Gasteiger partial charge < -0.3 is 10.1 Å². The van der Waals surface area contributed by atoms with Gasteiger partial charge in [-0.3, -0.25) is 4.79 Å². The average molecular weight is 356 g/mol. The molecule has 0 heterocycles. The second kappa shape index (κ2) is 9.64. The van der Waals surface area contributed by atoms with Crippen molar-refractivity contribution in [3.05, 3.63) is 23.8 Å². The normalized spacial score (nSPS) is 11.5. The van der Waals surface area contributed by atoms with Crippen LogP contribution in [0.5, 0.6) is 5.75 Å². The molecule has 136 valence electrons. The number of carbonyl (C=O) groups excluding carboxylic acids is 1. The molecule has 0 unspecified atom stereocenters. The van der Waals surface area contributed by atoms with Crippen molar-refractivity contribution < 1.29 is 17.9 Å². The van der Waals surface area contributed by atoms with Gasteiger partial charge in [0.15, 0.2) is 6.61 Å². The molecule has 0 aliphatic rings. The number of rotatable bonds is 10. The number of nitrogens with one attached hydrogen (secondary N) is 2. The number of amides is 1. The van der Waals surface area contributed by atoms with E-state index in [-0.39, 0.29) is 23.5 Å². The third-order valence-electron chi connectivity index (χ3n) is 3.31. The van der Waals surface area contributed by atoms with E-state index in [0.717, 1.165) is 19.3 Å². The predicted octanol–water partition coefficient (Wildman–Crippen LogP) is 2.37. The highest BCUT2D eigenvalue weighted by Gasteiger charge is 2.16. The summed E-state index contributed by atoms with van der Waals surface area (Å²) in [5.41, 5.74) is 0.667. The average Bonchev–Trinajstić information content (AvgIpc) is 2.49. The predicted molar refractivity (Wildman–Crippen MR) is 94.7 cm³/mol. The molecule has 0 saturated carbocycles. The Hall–Kier alpha value is -1.60. The zero-order valence-corrected chi connectivity index (χ0v) is 15.7. The lowest BCUT2D eigenvalue weighted by Crippen LogP contribution is -2.30. The monoisotopic (exact) mass is 356 g/mol. The Balaban J connectivity index is 2.61. The van der Waals surface area contributed by atoms with E-state index >= 15 is 0 Å². The highest BCUT2D eigenvalue weighted by Crippen LogP contribution is 2.21. The first-order valence-corrected chi connectivity index (χ1v) is 9.77. The first-order valence-electron chi connectivity index (χ1n) is 8.28. The van der Waals surface area contributed by atoms with Crippen LogP contribution in [0.3, 0.4) is 0 Å². The molecule has 1 aromatic carbocycles. The Kier molecular flexibility index (Phi) is 8.21. The minimum Gasteiger partial charge on any atom is -0.484 e. The zero-order valence-electron chi connectivity index (χ0n) is 14.9. The molecular weight excluding hydrogens is 328 g/mol. The van der Waals surface area contributed by atoms with Crippen LogP contribution in [0.1, 0.15) is 45.6 Å². The van der Waals surface area contributed by atoms with E-state index in [2.05, 4.69) is 17.0 Å². The fourth-order valence-electron chi connectivity index (χ4n) is 2.13. The van der Waals surface area contributed by atoms with Crippen molar-refractivity contribution in [1.29, 1.82) is 0 Å². The maximum atomic E-state index is 12.1. The molecule has 0 fully saturated rings. The third-order valence-corrected chi connectivity index (χ3v) is 4.97. The summed E-state index contributed by atoms with van der Waals surface area (Å²) in [7, 11) is -3.53. The van der Waals surface area contributed by atoms with Gasteiger partial charge in [-0.25, -0.2) is 13.1 Å². The summed E-state index contributed by atoms with van der Waals surface area (Å²) in [5, 5.41) is 2.79. The van der Waals surface area contributed by atoms with Crippen LogP contribution in [0.4, 0.5) is 0 Å². The molecule has 0 aromatic heterocycles. The summed E-state index contributed by atoms with van der Waals surface area (Å²) in [4.78, 5) is 11.9. The number of hydrogen-bond acceptors (Lipinski definition) is 4. The molecule has 1 amide bonds. The van der Waals surface area contributed by atoms with E-state index in [1.807, 2.05) is 0 Å². The van der Waals surface area contributed by atoms with Gasteiger partial charge in [0.2, 0.25) is 10.0 Å². The smallest absolute Gasteiger partial charge is 0.257 e. The number of unbranched alkanes of at least 4 members (excludes halogenated alkanes) is 2. The van der Waals surface area contributed by atoms with Gasteiger partial charge in [-0.05, 0) is 51.0 Å². The van der Waals surface area contributed by atoms with E-state index in [4.69, 9.17) is 4.74 Å². The number of benzene rings is 1. The Morgan fingerprint density at radius 2 is 1.96 bits per heavy atom. The molecule has 1 aromatic rings. The molecule has 1 rings (SSSR count). The number of carbonyl (C=O) groups is 1. The summed E-state index contributed by atoms with van der Waals surface area (Å²) >= 11 is 0. The lowest BCUT2D eigenvalue weighted by atomic mass is 10.2. The number of sulfonamides is 1. The van der Waals surface area contributed by atoms with Crippen LogP contribution < -0.4 is 14.8 Å². The van der Waals surface area contributed by atoms with Crippen LogP contribution >= 0.6 is 0 Å². The Morgan fingerprint density at radius 1 is 1.25 bits per heavy atom. The van der Waals surface area contributed by atoms with E-state index in [1.165, 1.54) is 6.07 Å². The summed E-state index contributed by atoms with van der Waals surface area (Å²) in [6, 6.07) is 4.42. The maximum Gasteiger partial charge on any atom is 0.257 e. The minimum atomic E-state index is -3.53. The molecule has 24 heavy (non-hydrogen) atoms. The van der Waals surface area contributed by atoms with E-state index in [9.17, 15) is 13.2 Å². The lowest BCUT2D eigenvalue weighted by molar-refractivity contribution is -0.123. The molecule has 0 aliphatic carbocycles. The molecule has 7 heteroatoms. The summed E-state index contributed by atoms with van der Waals surface area (Å²) in [5.74, 6) is 0.325. The zero-order chi connectivity index (χ0) is 18.2. The van der Waals surface area contributed by atoms with Crippen LogP contribution in [0.25, 0.3) is 0 Å². The van der Waals surface area contributed by atoms with Gasteiger partial charge in [-0.2, -0.15) is 0 Å².